The van der Waals surface area contributed by atoms with E-state index in [1.54, 1.807) is 18.2 Å². The molecule has 7 nitrogen and oxygen atoms in total. The van der Waals surface area contributed by atoms with Gasteiger partial charge < -0.3 is 10.5 Å². The van der Waals surface area contributed by atoms with Crippen LogP contribution in [0.3, 0.4) is 0 Å². The van der Waals surface area contributed by atoms with Crippen LogP contribution in [0.1, 0.15) is 0 Å². The fraction of sp³-hybridized carbons (Fsp3) is 0.455. The van der Waals surface area contributed by atoms with Crippen LogP contribution in [0.25, 0.3) is 0 Å². The van der Waals surface area contributed by atoms with Gasteiger partial charge in [-0.25, -0.2) is 16.8 Å². The van der Waals surface area contributed by atoms with Gasteiger partial charge in [-0.1, -0.05) is 6.07 Å². The average Bonchev–Trinajstić information content (AvgIpc) is 2.33. The molecule has 0 saturated carbocycles. The van der Waals surface area contributed by atoms with Gasteiger partial charge in [-0.2, -0.15) is 0 Å². The Morgan fingerprint density at radius 3 is 2.50 bits per heavy atom. The molecular formula is C11H18N2O5S2. The van der Waals surface area contributed by atoms with Crippen molar-refractivity contribution in [1.29, 1.82) is 0 Å². The summed E-state index contributed by atoms with van der Waals surface area (Å²) < 4.78 is 53.0. The van der Waals surface area contributed by atoms with E-state index in [0.717, 1.165) is 6.26 Å². The first-order chi connectivity index (χ1) is 9.22. The van der Waals surface area contributed by atoms with Gasteiger partial charge in [0.05, 0.1) is 17.2 Å². The highest BCUT2D eigenvalue weighted by atomic mass is 32.2. The minimum absolute atomic E-state index is 0.313. The topological polar surface area (TPSA) is 116 Å². The van der Waals surface area contributed by atoms with Crippen LogP contribution in [0, 0.1) is 0 Å². The number of sulfone groups is 1. The van der Waals surface area contributed by atoms with Gasteiger partial charge in [0.15, 0.2) is 0 Å². The van der Waals surface area contributed by atoms with Gasteiger partial charge >= 0.3 is 0 Å². The fourth-order valence-electron chi connectivity index (χ4n) is 1.32. The summed E-state index contributed by atoms with van der Waals surface area (Å²) in [7, 11) is -7.04. The Morgan fingerprint density at radius 2 is 1.90 bits per heavy atom. The monoisotopic (exact) mass is 322 g/mol. The second kappa shape index (κ2) is 6.91. The molecule has 0 saturated heterocycles. The Bertz CT molecular complexity index is 641. The number of ether oxygens (including phenoxy) is 1. The summed E-state index contributed by atoms with van der Waals surface area (Å²) in [5.74, 6) is -0.426. The van der Waals surface area contributed by atoms with E-state index in [2.05, 4.69) is 4.72 Å². The first-order valence-electron chi connectivity index (χ1n) is 5.83. The number of nitrogens with two attached hydrogens (primary N) is 1. The molecule has 0 bridgehead atoms. The van der Waals surface area contributed by atoms with E-state index in [1.807, 2.05) is 0 Å². The van der Waals surface area contributed by atoms with Crippen molar-refractivity contribution in [3.63, 3.8) is 0 Å². The Kier molecular flexibility index (Phi) is 5.78. The van der Waals surface area contributed by atoms with Gasteiger partial charge in [-0.3, -0.25) is 4.72 Å². The second-order valence-corrected chi connectivity index (χ2v) is 8.32. The molecule has 0 unspecified atom stereocenters. The molecule has 114 valence electrons. The van der Waals surface area contributed by atoms with Crippen LogP contribution in [-0.2, 0) is 19.9 Å². The van der Waals surface area contributed by atoms with Gasteiger partial charge in [0, 0.05) is 18.9 Å². The Morgan fingerprint density at radius 1 is 1.20 bits per heavy atom. The summed E-state index contributed by atoms with van der Waals surface area (Å²) in [6, 6.07) is 6.35. The number of anilines is 1. The summed E-state index contributed by atoms with van der Waals surface area (Å²) in [5, 5.41) is 0. The third kappa shape index (κ3) is 6.73. The third-order valence-electron chi connectivity index (χ3n) is 2.22. The molecule has 20 heavy (non-hydrogen) atoms. The third-order valence-corrected chi connectivity index (χ3v) is 4.71. The molecule has 0 heterocycles. The average molecular weight is 322 g/mol. The van der Waals surface area contributed by atoms with Crippen molar-refractivity contribution in [3.05, 3.63) is 24.3 Å². The van der Waals surface area contributed by atoms with Gasteiger partial charge in [0.25, 0.3) is 0 Å². The van der Waals surface area contributed by atoms with Crippen molar-refractivity contribution in [2.75, 3.05) is 35.6 Å². The molecule has 1 aromatic rings. The maximum atomic E-state index is 11.7. The lowest BCUT2D eigenvalue weighted by Crippen LogP contribution is -2.22. The molecule has 0 fully saturated rings. The zero-order valence-electron chi connectivity index (χ0n) is 11.1. The van der Waals surface area contributed by atoms with Crippen molar-refractivity contribution < 1.29 is 21.6 Å². The van der Waals surface area contributed by atoms with E-state index in [1.165, 1.54) is 6.07 Å². The van der Waals surface area contributed by atoms with Crippen LogP contribution in [0.2, 0.25) is 0 Å². The zero-order chi connectivity index (χ0) is 15.2. The van der Waals surface area contributed by atoms with Crippen LogP contribution >= 0.6 is 0 Å². The van der Waals surface area contributed by atoms with Crippen LogP contribution in [0.5, 0.6) is 5.75 Å². The van der Waals surface area contributed by atoms with Gasteiger partial charge in [0.1, 0.15) is 22.2 Å². The minimum atomic E-state index is -3.71. The molecule has 0 aliphatic rings. The molecular weight excluding hydrogens is 304 g/mol. The lowest BCUT2D eigenvalue weighted by atomic mass is 10.3. The summed E-state index contributed by atoms with van der Waals surface area (Å²) in [5.41, 5.74) is 5.62. The second-order valence-electron chi connectivity index (χ2n) is 4.22. The summed E-state index contributed by atoms with van der Waals surface area (Å²) in [6.07, 6.45) is 0.990. The lowest BCUT2D eigenvalue weighted by molar-refractivity contribution is 0.328. The molecule has 3 N–H and O–H groups in total. The Labute approximate surface area is 119 Å². The fourth-order valence-corrected chi connectivity index (χ4v) is 3.99. The predicted octanol–water partition coefficient (Wildman–Crippen LogP) is -0.190. The van der Waals surface area contributed by atoms with Crippen molar-refractivity contribution >= 4 is 25.5 Å². The summed E-state index contributed by atoms with van der Waals surface area (Å²) >= 11 is 0. The SMILES string of the molecule is CS(=O)(=O)CCS(=O)(=O)Nc1cccc(OCCN)c1. The number of benzene rings is 1. The molecule has 0 aliphatic carbocycles. The Hall–Kier alpha value is -1.32. The smallest absolute Gasteiger partial charge is 0.233 e. The number of nitrogens with one attached hydrogen (secondary N) is 1. The van der Waals surface area contributed by atoms with E-state index in [-0.39, 0.29) is 0 Å². The standard InChI is InChI=1S/C11H18N2O5S2/c1-19(14,15)7-8-20(16,17)13-10-3-2-4-11(9-10)18-6-5-12/h2-4,9,13H,5-8,12H2,1H3. The molecule has 0 amide bonds. The largest absolute Gasteiger partial charge is 0.492 e. The Balaban J connectivity index is 2.72. The molecule has 0 aliphatic heterocycles. The first-order valence-corrected chi connectivity index (χ1v) is 9.54. The molecule has 1 aromatic carbocycles. The van der Waals surface area contributed by atoms with Crippen LogP contribution < -0.4 is 15.2 Å². The molecule has 1 rings (SSSR count). The summed E-state index contributed by atoms with van der Waals surface area (Å²) in [4.78, 5) is 0. The van der Waals surface area contributed by atoms with Crippen molar-refractivity contribution in [2.24, 2.45) is 5.73 Å². The molecule has 0 spiro atoms. The first kappa shape index (κ1) is 16.7. The normalized spacial score (nSPS) is 12.1. The van der Waals surface area contributed by atoms with Crippen LogP contribution in [0.4, 0.5) is 5.69 Å². The highest BCUT2D eigenvalue weighted by Gasteiger charge is 2.14. The number of sulfonamides is 1. The highest BCUT2D eigenvalue weighted by Crippen LogP contribution is 2.18. The number of rotatable bonds is 8. The quantitative estimate of drug-likeness (QED) is 0.685. The van der Waals surface area contributed by atoms with Gasteiger partial charge in [-0.15, -0.1) is 0 Å². The van der Waals surface area contributed by atoms with Crippen molar-refractivity contribution in [2.45, 2.75) is 0 Å². The van der Waals surface area contributed by atoms with Crippen molar-refractivity contribution in [3.8, 4) is 5.75 Å². The number of hydrogen-bond donors (Lipinski definition) is 2. The maximum absolute atomic E-state index is 11.7. The van der Waals surface area contributed by atoms with Crippen molar-refractivity contribution in [1.82, 2.24) is 0 Å². The highest BCUT2D eigenvalue weighted by molar-refractivity contribution is 7.95. The van der Waals surface area contributed by atoms with Gasteiger partial charge in [0.2, 0.25) is 10.0 Å². The molecule has 0 atom stereocenters. The van der Waals surface area contributed by atoms with Crippen LogP contribution in [0.15, 0.2) is 24.3 Å². The lowest BCUT2D eigenvalue weighted by Gasteiger charge is -2.09. The zero-order valence-corrected chi connectivity index (χ0v) is 12.7. The van der Waals surface area contributed by atoms with Gasteiger partial charge in [-0.05, 0) is 12.1 Å². The maximum Gasteiger partial charge on any atom is 0.233 e. The van der Waals surface area contributed by atoms with E-state index < -0.39 is 31.4 Å². The number of hydrogen-bond acceptors (Lipinski definition) is 6. The predicted molar refractivity (Wildman–Crippen MR) is 78.1 cm³/mol. The van der Waals surface area contributed by atoms with E-state index >= 15 is 0 Å². The van der Waals surface area contributed by atoms with E-state index in [4.69, 9.17) is 10.5 Å². The van der Waals surface area contributed by atoms with E-state index in [9.17, 15) is 16.8 Å². The molecule has 9 heteroatoms. The molecule has 0 aromatic heterocycles. The van der Waals surface area contributed by atoms with Crippen LogP contribution in [-0.4, -0.2) is 47.7 Å². The molecule has 0 radical (unpaired) electrons. The summed E-state index contributed by atoms with van der Waals surface area (Å²) in [6.45, 7) is 0.675. The van der Waals surface area contributed by atoms with E-state index in [0.29, 0.717) is 24.6 Å². The minimum Gasteiger partial charge on any atom is -0.492 e.